The summed E-state index contributed by atoms with van der Waals surface area (Å²) in [5.41, 5.74) is 1.57. The number of benzene rings is 2. The van der Waals surface area contributed by atoms with Crippen LogP contribution >= 0.6 is 11.8 Å². The molecule has 0 bridgehead atoms. The van der Waals surface area contributed by atoms with E-state index in [4.69, 9.17) is 0 Å². The highest BCUT2D eigenvalue weighted by molar-refractivity contribution is 7.98. The number of carbonyl (C=O) groups excluding carboxylic acids is 2. The number of thioether (sulfide) groups is 1. The fraction of sp³-hybridized carbons (Fsp3) is 0.417. The van der Waals surface area contributed by atoms with E-state index in [1.165, 1.54) is 4.90 Å². The monoisotopic (exact) mass is 425 g/mol. The maximum Gasteiger partial charge on any atom is 0.253 e. The summed E-state index contributed by atoms with van der Waals surface area (Å²) < 4.78 is 0. The Morgan fingerprint density at radius 3 is 2.33 bits per heavy atom. The van der Waals surface area contributed by atoms with Crippen LogP contribution in [0.2, 0.25) is 0 Å². The lowest BCUT2D eigenvalue weighted by Crippen LogP contribution is -2.49. The van der Waals surface area contributed by atoms with E-state index >= 15 is 0 Å². The van der Waals surface area contributed by atoms with Gasteiger partial charge in [0.2, 0.25) is 5.91 Å². The Morgan fingerprint density at radius 2 is 1.73 bits per heavy atom. The first-order chi connectivity index (χ1) is 14.6. The van der Waals surface area contributed by atoms with Crippen LogP contribution in [0, 0.1) is 0 Å². The molecular formula is C24H31N3O2S. The van der Waals surface area contributed by atoms with E-state index in [-0.39, 0.29) is 11.8 Å². The van der Waals surface area contributed by atoms with Gasteiger partial charge < -0.3 is 10.2 Å². The molecule has 1 fully saturated rings. The summed E-state index contributed by atoms with van der Waals surface area (Å²) in [6, 6.07) is 17.7. The zero-order valence-electron chi connectivity index (χ0n) is 17.8. The van der Waals surface area contributed by atoms with E-state index in [0.29, 0.717) is 12.6 Å². The summed E-state index contributed by atoms with van der Waals surface area (Å²) in [6.07, 6.45) is 4.83. The quantitative estimate of drug-likeness (QED) is 0.639. The molecule has 1 saturated heterocycles. The lowest BCUT2D eigenvalue weighted by Gasteiger charge is -2.38. The first-order valence-electron chi connectivity index (χ1n) is 10.6. The minimum atomic E-state index is 0.0168. The van der Waals surface area contributed by atoms with Gasteiger partial charge in [-0.2, -0.15) is 0 Å². The minimum Gasteiger partial charge on any atom is -0.339 e. The van der Waals surface area contributed by atoms with Crippen molar-refractivity contribution < 1.29 is 9.59 Å². The number of likely N-dealkylation sites (tertiary alicyclic amines) is 1. The molecule has 1 heterocycles. The number of nitrogens with zero attached hydrogens (tertiary/aromatic N) is 2. The summed E-state index contributed by atoms with van der Waals surface area (Å²) >= 11 is 1.68. The van der Waals surface area contributed by atoms with Gasteiger partial charge in [0, 0.05) is 35.3 Å². The predicted octanol–water partition coefficient (Wildman–Crippen LogP) is 4.36. The minimum absolute atomic E-state index is 0.0168. The zero-order valence-corrected chi connectivity index (χ0v) is 18.7. The van der Waals surface area contributed by atoms with Gasteiger partial charge in [-0.3, -0.25) is 14.5 Å². The zero-order chi connectivity index (χ0) is 21.3. The summed E-state index contributed by atoms with van der Waals surface area (Å²) in [5, 5.41) is 3.02. The van der Waals surface area contributed by atoms with Crippen molar-refractivity contribution in [1.82, 2.24) is 9.80 Å². The number of amides is 2. The second-order valence-corrected chi connectivity index (χ2v) is 8.52. The lowest BCUT2D eigenvalue weighted by atomic mass is 10.0. The predicted molar refractivity (Wildman–Crippen MR) is 124 cm³/mol. The molecule has 0 radical (unpaired) electrons. The van der Waals surface area contributed by atoms with Crippen LogP contribution in [0.1, 0.15) is 36.5 Å². The molecule has 0 unspecified atom stereocenters. The first-order valence-corrected chi connectivity index (χ1v) is 11.9. The van der Waals surface area contributed by atoms with Gasteiger partial charge in [0.05, 0.1) is 6.54 Å². The van der Waals surface area contributed by atoms with Crippen LogP contribution in [-0.2, 0) is 4.79 Å². The van der Waals surface area contributed by atoms with Gasteiger partial charge in [0.15, 0.2) is 0 Å². The molecule has 6 heteroatoms. The number of piperidine rings is 1. The van der Waals surface area contributed by atoms with Gasteiger partial charge in [-0.1, -0.05) is 25.1 Å². The Bertz CT molecular complexity index is 818. The van der Waals surface area contributed by atoms with Crippen LogP contribution in [0.15, 0.2) is 59.5 Å². The van der Waals surface area contributed by atoms with Gasteiger partial charge in [0.25, 0.3) is 5.91 Å². The third kappa shape index (κ3) is 6.09. The first kappa shape index (κ1) is 22.4. The summed E-state index contributed by atoms with van der Waals surface area (Å²) in [6.45, 7) is 4.87. The van der Waals surface area contributed by atoms with E-state index in [0.717, 1.165) is 50.1 Å². The van der Waals surface area contributed by atoms with Crippen molar-refractivity contribution in [1.29, 1.82) is 0 Å². The van der Waals surface area contributed by atoms with E-state index in [1.807, 2.05) is 65.8 Å². The largest absolute Gasteiger partial charge is 0.339 e. The van der Waals surface area contributed by atoms with E-state index in [9.17, 15) is 9.59 Å². The van der Waals surface area contributed by atoms with Crippen LogP contribution in [-0.4, -0.2) is 60.1 Å². The molecule has 2 aromatic rings. The number of carbonyl (C=O) groups is 2. The van der Waals surface area contributed by atoms with Crippen LogP contribution in [0.25, 0.3) is 0 Å². The van der Waals surface area contributed by atoms with E-state index in [1.54, 1.807) is 11.8 Å². The Balaban J connectivity index is 1.53. The molecule has 3 rings (SSSR count). The van der Waals surface area contributed by atoms with Gasteiger partial charge in [-0.15, -0.1) is 11.8 Å². The molecule has 2 aromatic carbocycles. The average molecular weight is 426 g/mol. The number of nitrogens with one attached hydrogen (secondary N) is 1. The fourth-order valence-corrected chi connectivity index (χ4v) is 4.34. The highest BCUT2D eigenvalue weighted by atomic mass is 32.2. The summed E-state index contributed by atoms with van der Waals surface area (Å²) in [4.78, 5) is 30.7. The molecule has 30 heavy (non-hydrogen) atoms. The average Bonchev–Trinajstić information content (AvgIpc) is 2.79. The van der Waals surface area contributed by atoms with Crippen molar-refractivity contribution in [3.63, 3.8) is 0 Å². The van der Waals surface area contributed by atoms with Crippen molar-refractivity contribution in [3.05, 3.63) is 60.2 Å². The molecule has 1 aliphatic heterocycles. The molecule has 2 amide bonds. The Labute approximate surface area is 183 Å². The summed E-state index contributed by atoms with van der Waals surface area (Å²) in [7, 11) is 0. The maximum absolute atomic E-state index is 12.7. The topological polar surface area (TPSA) is 52.7 Å². The number of rotatable bonds is 8. The highest BCUT2D eigenvalue weighted by Gasteiger charge is 2.28. The summed E-state index contributed by atoms with van der Waals surface area (Å²) in [5.74, 6) is 0.116. The van der Waals surface area contributed by atoms with Crippen molar-refractivity contribution in [2.75, 3.05) is 37.8 Å². The van der Waals surface area contributed by atoms with E-state index < -0.39 is 0 Å². The standard InChI is InChI=1S/C24H31N3O2S/c1-3-15-27(18-23(28)25-20-9-11-22(30-2)12-10-20)21-13-16-26(17-14-21)24(29)19-7-5-4-6-8-19/h4-12,21H,3,13-18H2,1-2H3,(H,25,28). The third-order valence-electron chi connectivity index (χ3n) is 5.52. The van der Waals surface area contributed by atoms with Crippen LogP contribution in [0.5, 0.6) is 0 Å². The second kappa shape index (κ2) is 11.2. The van der Waals surface area contributed by atoms with Crippen LogP contribution in [0.4, 0.5) is 5.69 Å². The molecule has 0 atom stereocenters. The molecule has 0 spiro atoms. The Hall–Kier alpha value is -2.31. The van der Waals surface area contributed by atoms with Gasteiger partial charge in [-0.25, -0.2) is 0 Å². The van der Waals surface area contributed by atoms with E-state index in [2.05, 4.69) is 17.1 Å². The SMILES string of the molecule is CCCN(CC(=O)Nc1ccc(SC)cc1)C1CCN(C(=O)c2ccccc2)CC1. The number of anilines is 1. The molecule has 0 aliphatic carbocycles. The third-order valence-corrected chi connectivity index (χ3v) is 6.26. The van der Waals surface area contributed by atoms with Gasteiger partial charge in [-0.05, 0) is 68.5 Å². The maximum atomic E-state index is 12.7. The van der Waals surface area contributed by atoms with Gasteiger partial charge >= 0.3 is 0 Å². The molecule has 160 valence electrons. The molecule has 1 aliphatic rings. The fourth-order valence-electron chi connectivity index (χ4n) is 3.93. The normalized spacial score (nSPS) is 14.7. The highest BCUT2D eigenvalue weighted by Crippen LogP contribution is 2.20. The Morgan fingerprint density at radius 1 is 1.07 bits per heavy atom. The molecular weight excluding hydrogens is 394 g/mol. The second-order valence-electron chi connectivity index (χ2n) is 7.64. The number of hydrogen-bond donors (Lipinski definition) is 1. The smallest absolute Gasteiger partial charge is 0.253 e. The van der Waals surface area contributed by atoms with Crippen LogP contribution in [0.3, 0.4) is 0 Å². The number of hydrogen-bond acceptors (Lipinski definition) is 4. The van der Waals surface area contributed by atoms with Crippen LogP contribution < -0.4 is 5.32 Å². The molecule has 0 saturated carbocycles. The molecule has 0 aromatic heterocycles. The van der Waals surface area contributed by atoms with Gasteiger partial charge in [0.1, 0.15) is 0 Å². The van der Waals surface area contributed by atoms with Crippen molar-refractivity contribution in [2.24, 2.45) is 0 Å². The lowest BCUT2D eigenvalue weighted by molar-refractivity contribution is -0.118. The molecule has 5 nitrogen and oxygen atoms in total. The van der Waals surface area contributed by atoms with Crippen molar-refractivity contribution in [2.45, 2.75) is 37.1 Å². The Kier molecular flexibility index (Phi) is 8.34. The van der Waals surface area contributed by atoms with Crippen molar-refractivity contribution >= 4 is 29.3 Å². The van der Waals surface area contributed by atoms with Crippen molar-refractivity contribution in [3.8, 4) is 0 Å². The molecule has 1 N–H and O–H groups in total.